The summed E-state index contributed by atoms with van der Waals surface area (Å²) in [4.78, 5) is 14.3. The van der Waals surface area contributed by atoms with Crippen molar-refractivity contribution in [2.45, 2.75) is 45.6 Å². The molecule has 19 heavy (non-hydrogen) atoms. The fraction of sp³-hybridized carbons (Fsp3) is 0.933. The highest BCUT2D eigenvalue weighted by Gasteiger charge is 2.48. The number of primary amides is 1. The maximum absolute atomic E-state index is 12.2. The van der Waals surface area contributed by atoms with Crippen molar-refractivity contribution in [3.05, 3.63) is 0 Å². The smallest absolute Gasteiger partial charge is 0.238 e. The zero-order valence-corrected chi connectivity index (χ0v) is 13.2. The number of rotatable bonds is 6. The Labute approximate surface area is 118 Å². The number of nitrogens with one attached hydrogen (secondary N) is 1. The van der Waals surface area contributed by atoms with Gasteiger partial charge < -0.3 is 16.0 Å². The van der Waals surface area contributed by atoms with Gasteiger partial charge in [0.1, 0.15) is 5.54 Å². The molecule has 1 aliphatic rings. The third-order valence-electron chi connectivity index (χ3n) is 4.52. The van der Waals surface area contributed by atoms with Gasteiger partial charge in [0.05, 0.1) is 0 Å². The van der Waals surface area contributed by atoms with E-state index in [0.29, 0.717) is 17.8 Å². The van der Waals surface area contributed by atoms with Gasteiger partial charge >= 0.3 is 0 Å². The molecule has 4 heteroatoms. The van der Waals surface area contributed by atoms with Gasteiger partial charge in [-0.05, 0) is 44.7 Å². The summed E-state index contributed by atoms with van der Waals surface area (Å²) in [6.45, 7) is 8.36. The Hall–Kier alpha value is -0.610. The molecule has 0 aromatic rings. The van der Waals surface area contributed by atoms with Crippen molar-refractivity contribution in [3.8, 4) is 0 Å². The first-order valence-corrected chi connectivity index (χ1v) is 7.49. The van der Waals surface area contributed by atoms with Crippen molar-refractivity contribution < 1.29 is 4.79 Å². The Kier molecular flexibility index (Phi) is 5.81. The number of carbonyl (C=O) groups is 1. The molecule has 1 aliphatic carbocycles. The van der Waals surface area contributed by atoms with Gasteiger partial charge in [-0.1, -0.05) is 27.2 Å². The van der Waals surface area contributed by atoms with E-state index in [-0.39, 0.29) is 5.91 Å². The van der Waals surface area contributed by atoms with Gasteiger partial charge in [0.15, 0.2) is 0 Å². The molecule has 0 aliphatic heterocycles. The fourth-order valence-corrected chi connectivity index (χ4v) is 3.49. The van der Waals surface area contributed by atoms with Crippen LogP contribution in [0.4, 0.5) is 0 Å². The topological polar surface area (TPSA) is 58.4 Å². The van der Waals surface area contributed by atoms with Crippen LogP contribution in [-0.4, -0.2) is 43.5 Å². The number of carbonyl (C=O) groups excluding carboxylic acids is 1. The Bertz CT molecular complexity index is 304. The average molecular weight is 269 g/mol. The summed E-state index contributed by atoms with van der Waals surface area (Å²) in [6, 6.07) is 0. The van der Waals surface area contributed by atoms with E-state index < -0.39 is 5.54 Å². The number of likely N-dealkylation sites (N-methyl/N-ethyl adjacent to an activating group) is 1. The van der Waals surface area contributed by atoms with Gasteiger partial charge in [0, 0.05) is 13.1 Å². The minimum absolute atomic E-state index is 0.170. The molecule has 1 rings (SSSR count). The summed E-state index contributed by atoms with van der Waals surface area (Å²) >= 11 is 0. The molecular formula is C15H31N3O. The quantitative estimate of drug-likeness (QED) is 0.767. The molecule has 0 spiro atoms. The predicted molar refractivity (Wildman–Crippen MR) is 79.8 cm³/mol. The molecule has 1 amide bonds. The minimum Gasteiger partial charge on any atom is -0.368 e. The molecule has 3 N–H and O–H groups in total. The van der Waals surface area contributed by atoms with Crippen LogP contribution in [0, 0.1) is 17.8 Å². The van der Waals surface area contributed by atoms with Crippen LogP contribution in [0.3, 0.4) is 0 Å². The number of hydrogen-bond acceptors (Lipinski definition) is 3. The van der Waals surface area contributed by atoms with Crippen LogP contribution in [0.15, 0.2) is 0 Å². The van der Waals surface area contributed by atoms with Crippen molar-refractivity contribution in [1.82, 2.24) is 10.2 Å². The van der Waals surface area contributed by atoms with E-state index in [9.17, 15) is 4.79 Å². The SMILES string of the molecule is CC1CCC(C(C)C)C(NCCN(C)C)(C(N)=O)C1. The summed E-state index contributed by atoms with van der Waals surface area (Å²) in [6.07, 6.45) is 3.17. The van der Waals surface area contributed by atoms with Crippen molar-refractivity contribution in [2.75, 3.05) is 27.2 Å². The Morgan fingerprint density at radius 2 is 2.05 bits per heavy atom. The van der Waals surface area contributed by atoms with E-state index in [1.807, 2.05) is 14.1 Å². The molecule has 3 atom stereocenters. The van der Waals surface area contributed by atoms with Crippen molar-refractivity contribution >= 4 is 5.91 Å². The Balaban J connectivity index is 2.87. The molecule has 3 unspecified atom stereocenters. The van der Waals surface area contributed by atoms with E-state index in [0.717, 1.165) is 25.9 Å². The molecule has 1 saturated carbocycles. The van der Waals surface area contributed by atoms with Crippen LogP contribution in [0.1, 0.15) is 40.0 Å². The number of nitrogens with zero attached hydrogens (tertiary/aromatic N) is 1. The molecule has 0 saturated heterocycles. The van der Waals surface area contributed by atoms with Crippen LogP contribution in [0.25, 0.3) is 0 Å². The number of nitrogens with two attached hydrogens (primary N) is 1. The van der Waals surface area contributed by atoms with Gasteiger partial charge in [-0.25, -0.2) is 0 Å². The third-order valence-corrected chi connectivity index (χ3v) is 4.52. The summed E-state index contributed by atoms with van der Waals surface area (Å²) in [5, 5.41) is 3.51. The monoisotopic (exact) mass is 269 g/mol. The van der Waals surface area contributed by atoms with E-state index in [2.05, 4.69) is 31.0 Å². The Morgan fingerprint density at radius 1 is 1.42 bits per heavy atom. The molecule has 0 bridgehead atoms. The summed E-state index contributed by atoms with van der Waals surface area (Å²) in [5.41, 5.74) is 5.28. The third kappa shape index (κ3) is 3.93. The molecule has 0 heterocycles. The van der Waals surface area contributed by atoms with Gasteiger partial charge in [-0.3, -0.25) is 4.79 Å². The maximum Gasteiger partial charge on any atom is 0.238 e. The summed E-state index contributed by atoms with van der Waals surface area (Å²) in [7, 11) is 4.09. The molecule has 112 valence electrons. The van der Waals surface area contributed by atoms with Gasteiger partial charge in [0.25, 0.3) is 0 Å². The van der Waals surface area contributed by atoms with E-state index >= 15 is 0 Å². The minimum atomic E-state index is -0.512. The lowest BCUT2D eigenvalue weighted by atomic mass is 9.64. The second-order valence-corrected chi connectivity index (χ2v) is 6.80. The largest absolute Gasteiger partial charge is 0.368 e. The molecular weight excluding hydrogens is 238 g/mol. The van der Waals surface area contributed by atoms with Gasteiger partial charge in [-0.2, -0.15) is 0 Å². The summed E-state index contributed by atoms with van der Waals surface area (Å²) in [5.74, 6) is 1.22. The lowest BCUT2D eigenvalue weighted by Gasteiger charge is -2.47. The number of hydrogen-bond donors (Lipinski definition) is 2. The highest BCUT2D eigenvalue weighted by Crippen LogP contribution is 2.40. The molecule has 4 nitrogen and oxygen atoms in total. The maximum atomic E-state index is 12.2. The van der Waals surface area contributed by atoms with E-state index in [4.69, 9.17) is 5.73 Å². The highest BCUT2D eigenvalue weighted by atomic mass is 16.1. The van der Waals surface area contributed by atoms with Crippen molar-refractivity contribution in [1.29, 1.82) is 0 Å². The second-order valence-electron chi connectivity index (χ2n) is 6.80. The first-order valence-electron chi connectivity index (χ1n) is 7.49. The first kappa shape index (κ1) is 16.4. The zero-order chi connectivity index (χ0) is 14.6. The van der Waals surface area contributed by atoms with Gasteiger partial charge in [-0.15, -0.1) is 0 Å². The number of amides is 1. The molecule has 1 fully saturated rings. The highest BCUT2D eigenvalue weighted by molar-refractivity contribution is 5.85. The lowest BCUT2D eigenvalue weighted by molar-refractivity contribution is -0.130. The molecule has 0 aromatic heterocycles. The van der Waals surface area contributed by atoms with Crippen LogP contribution < -0.4 is 11.1 Å². The van der Waals surface area contributed by atoms with Crippen LogP contribution >= 0.6 is 0 Å². The van der Waals surface area contributed by atoms with Crippen LogP contribution in [0.5, 0.6) is 0 Å². The molecule has 0 radical (unpaired) electrons. The Morgan fingerprint density at radius 3 is 2.53 bits per heavy atom. The van der Waals surface area contributed by atoms with E-state index in [1.54, 1.807) is 0 Å². The summed E-state index contributed by atoms with van der Waals surface area (Å²) < 4.78 is 0. The predicted octanol–water partition coefficient (Wildman–Crippen LogP) is 1.45. The average Bonchev–Trinajstić information content (AvgIpc) is 2.27. The van der Waals surface area contributed by atoms with Crippen LogP contribution in [-0.2, 0) is 4.79 Å². The second kappa shape index (κ2) is 6.71. The van der Waals surface area contributed by atoms with E-state index in [1.165, 1.54) is 6.42 Å². The lowest BCUT2D eigenvalue weighted by Crippen LogP contribution is -2.64. The molecule has 0 aromatic carbocycles. The first-order chi connectivity index (χ1) is 8.79. The van der Waals surface area contributed by atoms with Gasteiger partial charge in [0.2, 0.25) is 5.91 Å². The van der Waals surface area contributed by atoms with Crippen molar-refractivity contribution in [3.63, 3.8) is 0 Å². The fourth-order valence-electron chi connectivity index (χ4n) is 3.49. The van der Waals surface area contributed by atoms with Crippen LogP contribution in [0.2, 0.25) is 0 Å². The zero-order valence-electron chi connectivity index (χ0n) is 13.2. The van der Waals surface area contributed by atoms with Crippen molar-refractivity contribution in [2.24, 2.45) is 23.5 Å². The normalized spacial score (nSPS) is 31.9. The standard InChI is InChI=1S/C15H31N3O/c1-11(2)13-7-6-12(3)10-15(13,14(16)19)17-8-9-18(4)5/h11-13,17H,6-10H2,1-5H3,(H2,16,19).